The molecule has 0 saturated carbocycles. The summed E-state index contributed by atoms with van der Waals surface area (Å²) in [6.07, 6.45) is 0.579. The molecule has 1 aromatic rings. The molecule has 0 fully saturated rings. The van der Waals surface area contributed by atoms with Crippen LogP contribution in [0.4, 0.5) is 0 Å². The van der Waals surface area contributed by atoms with Crippen molar-refractivity contribution in [2.24, 2.45) is 11.7 Å². The number of nitrogens with zero attached hydrogens (tertiary/aromatic N) is 1. The van der Waals surface area contributed by atoms with E-state index in [4.69, 9.17) is 5.73 Å². The second kappa shape index (κ2) is 7.35. The molecule has 1 aromatic heterocycles. The van der Waals surface area contributed by atoms with Gasteiger partial charge in [-0.1, -0.05) is 13.8 Å². The molecule has 0 bridgehead atoms. The van der Waals surface area contributed by atoms with E-state index in [-0.39, 0.29) is 17.9 Å². The van der Waals surface area contributed by atoms with Gasteiger partial charge in [-0.2, -0.15) is 0 Å². The maximum absolute atomic E-state index is 12.1. The molecule has 4 N–H and O–H groups in total. The van der Waals surface area contributed by atoms with Gasteiger partial charge in [0.2, 0.25) is 5.91 Å². The monoisotopic (exact) mass is 298 g/mol. The van der Waals surface area contributed by atoms with Crippen LogP contribution >= 0.6 is 11.3 Å². The van der Waals surface area contributed by atoms with Crippen LogP contribution in [0.1, 0.15) is 48.7 Å². The Labute approximate surface area is 123 Å². The third-order valence-corrected chi connectivity index (χ3v) is 3.77. The Morgan fingerprint density at radius 2 is 2.05 bits per heavy atom. The predicted octanol–water partition coefficient (Wildman–Crippen LogP) is 1.05. The Bertz CT molecular complexity index is 471. The molecule has 0 saturated heterocycles. The number of aromatic nitrogens is 1. The van der Waals surface area contributed by atoms with Crippen molar-refractivity contribution in [3.05, 3.63) is 16.1 Å². The second-order valence-corrected chi connectivity index (χ2v) is 6.02. The fourth-order valence-corrected chi connectivity index (χ4v) is 2.47. The molecule has 2 unspecified atom stereocenters. The lowest BCUT2D eigenvalue weighted by molar-refractivity contribution is -0.122. The molecule has 0 aliphatic heterocycles. The highest BCUT2D eigenvalue weighted by molar-refractivity contribution is 7.09. The molecule has 1 heterocycles. The molecule has 1 rings (SSSR count). The first-order valence-corrected chi connectivity index (χ1v) is 7.46. The topological polar surface area (TPSA) is 97.1 Å². The lowest BCUT2D eigenvalue weighted by Gasteiger charge is -2.18. The van der Waals surface area contributed by atoms with Gasteiger partial charge >= 0.3 is 0 Å². The second-order valence-electron chi connectivity index (χ2n) is 5.13. The highest BCUT2D eigenvalue weighted by Gasteiger charge is 2.22. The average molecular weight is 298 g/mol. The zero-order valence-corrected chi connectivity index (χ0v) is 13.1. The van der Waals surface area contributed by atoms with Crippen LogP contribution in [-0.2, 0) is 4.79 Å². The summed E-state index contributed by atoms with van der Waals surface area (Å²) in [5.41, 5.74) is 6.02. The van der Waals surface area contributed by atoms with Crippen molar-refractivity contribution in [1.82, 2.24) is 15.6 Å². The van der Waals surface area contributed by atoms with Crippen LogP contribution in [0, 0.1) is 5.92 Å². The summed E-state index contributed by atoms with van der Waals surface area (Å²) in [4.78, 5) is 28.0. The summed E-state index contributed by atoms with van der Waals surface area (Å²) in [6.45, 7) is 5.81. The van der Waals surface area contributed by atoms with E-state index in [1.807, 2.05) is 20.8 Å². The van der Waals surface area contributed by atoms with Crippen molar-refractivity contribution in [3.63, 3.8) is 0 Å². The molecule has 2 atom stereocenters. The Balaban J connectivity index is 2.76. The minimum Gasteiger partial charge on any atom is -0.357 e. The molecule has 0 aromatic carbocycles. The molecule has 0 radical (unpaired) electrons. The summed E-state index contributed by atoms with van der Waals surface area (Å²) in [5, 5.41) is 7.64. The normalized spacial score (nSPS) is 13.9. The molecule has 7 heteroatoms. The van der Waals surface area contributed by atoms with E-state index in [1.54, 1.807) is 12.4 Å². The first-order valence-electron chi connectivity index (χ1n) is 6.58. The van der Waals surface area contributed by atoms with Gasteiger partial charge in [0.05, 0.1) is 6.04 Å². The van der Waals surface area contributed by atoms with Crippen molar-refractivity contribution < 1.29 is 9.59 Å². The van der Waals surface area contributed by atoms with Gasteiger partial charge in [0.1, 0.15) is 16.7 Å². The zero-order chi connectivity index (χ0) is 15.3. The standard InChI is InChI=1S/C13H22N4O2S/c1-7(2)5-9(11(18)15-4)16-12(19)10-6-20-13(17-10)8(3)14/h6-9H,5,14H2,1-4H3,(H,15,18)(H,16,19). The van der Waals surface area contributed by atoms with E-state index in [0.717, 1.165) is 0 Å². The number of hydrogen-bond acceptors (Lipinski definition) is 5. The SMILES string of the molecule is CNC(=O)C(CC(C)C)NC(=O)c1csc(C(C)N)n1. The predicted molar refractivity (Wildman–Crippen MR) is 79.5 cm³/mol. The number of carbonyl (C=O) groups is 2. The minimum absolute atomic E-state index is 0.199. The summed E-state index contributed by atoms with van der Waals surface area (Å²) in [7, 11) is 1.55. The fourth-order valence-electron chi connectivity index (χ4n) is 1.71. The van der Waals surface area contributed by atoms with Gasteiger partial charge in [-0.15, -0.1) is 11.3 Å². The van der Waals surface area contributed by atoms with E-state index >= 15 is 0 Å². The van der Waals surface area contributed by atoms with E-state index in [2.05, 4.69) is 15.6 Å². The largest absolute Gasteiger partial charge is 0.357 e. The zero-order valence-electron chi connectivity index (χ0n) is 12.3. The van der Waals surface area contributed by atoms with Gasteiger partial charge in [-0.05, 0) is 19.3 Å². The Morgan fingerprint density at radius 3 is 2.50 bits per heavy atom. The molecule has 0 aliphatic rings. The van der Waals surface area contributed by atoms with E-state index < -0.39 is 6.04 Å². The minimum atomic E-state index is -0.548. The lowest BCUT2D eigenvalue weighted by Crippen LogP contribution is -2.46. The molecule has 112 valence electrons. The maximum Gasteiger partial charge on any atom is 0.271 e. The third kappa shape index (κ3) is 4.57. The van der Waals surface area contributed by atoms with E-state index in [0.29, 0.717) is 23.0 Å². The lowest BCUT2D eigenvalue weighted by atomic mass is 10.0. The van der Waals surface area contributed by atoms with Crippen molar-refractivity contribution >= 4 is 23.2 Å². The first kappa shape index (κ1) is 16.6. The van der Waals surface area contributed by atoms with Crippen LogP contribution in [0.2, 0.25) is 0 Å². The van der Waals surface area contributed by atoms with Gasteiger partial charge < -0.3 is 16.4 Å². The van der Waals surface area contributed by atoms with Gasteiger partial charge in [-0.25, -0.2) is 4.98 Å². The maximum atomic E-state index is 12.1. The van der Waals surface area contributed by atoms with Crippen molar-refractivity contribution in [3.8, 4) is 0 Å². The first-order chi connectivity index (χ1) is 9.35. The van der Waals surface area contributed by atoms with E-state index in [1.165, 1.54) is 11.3 Å². The number of thiazole rings is 1. The van der Waals surface area contributed by atoms with Crippen molar-refractivity contribution in [1.29, 1.82) is 0 Å². The van der Waals surface area contributed by atoms with Gasteiger partial charge in [0.25, 0.3) is 5.91 Å². The van der Waals surface area contributed by atoms with Crippen LogP contribution in [0.15, 0.2) is 5.38 Å². The fraction of sp³-hybridized carbons (Fsp3) is 0.615. The quantitative estimate of drug-likeness (QED) is 0.731. The molecule has 0 spiro atoms. The van der Waals surface area contributed by atoms with Crippen molar-refractivity contribution in [2.45, 2.75) is 39.3 Å². The van der Waals surface area contributed by atoms with Crippen LogP contribution in [-0.4, -0.2) is 29.9 Å². The van der Waals surface area contributed by atoms with E-state index in [9.17, 15) is 9.59 Å². The van der Waals surface area contributed by atoms with Crippen molar-refractivity contribution in [2.75, 3.05) is 7.05 Å². The summed E-state index contributed by atoms with van der Waals surface area (Å²) >= 11 is 1.34. The molecule has 2 amide bonds. The number of likely N-dealkylation sites (N-methyl/N-ethyl adjacent to an activating group) is 1. The number of rotatable bonds is 6. The number of carbonyl (C=O) groups excluding carboxylic acids is 2. The highest BCUT2D eigenvalue weighted by Crippen LogP contribution is 2.16. The Morgan fingerprint density at radius 1 is 1.40 bits per heavy atom. The number of nitrogens with one attached hydrogen (secondary N) is 2. The Hall–Kier alpha value is -1.47. The molecular weight excluding hydrogens is 276 g/mol. The highest BCUT2D eigenvalue weighted by atomic mass is 32.1. The van der Waals surface area contributed by atoms with Crippen LogP contribution in [0.3, 0.4) is 0 Å². The third-order valence-electron chi connectivity index (χ3n) is 2.72. The molecule has 0 aliphatic carbocycles. The van der Waals surface area contributed by atoms with Gasteiger partial charge in [0, 0.05) is 12.4 Å². The van der Waals surface area contributed by atoms with Crippen LogP contribution in [0.5, 0.6) is 0 Å². The van der Waals surface area contributed by atoms with Crippen LogP contribution in [0.25, 0.3) is 0 Å². The number of nitrogens with two attached hydrogens (primary N) is 1. The molecule has 20 heavy (non-hydrogen) atoms. The molecular formula is C13H22N4O2S. The summed E-state index contributed by atoms with van der Waals surface area (Å²) < 4.78 is 0. The van der Waals surface area contributed by atoms with Gasteiger partial charge in [0.15, 0.2) is 0 Å². The van der Waals surface area contributed by atoms with Crippen LogP contribution < -0.4 is 16.4 Å². The number of amides is 2. The molecule has 6 nitrogen and oxygen atoms in total. The number of hydrogen-bond donors (Lipinski definition) is 3. The van der Waals surface area contributed by atoms with Gasteiger partial charge in [-0.3, -0.25) is 9.59 Å². The smallest absolute Gasteiger partial charge is 0.271 e. The Kier molecular flexibility index (Phi) is 6.09. The average Bonchev–Trinajstić information content (AvgIpc) is 2.86. The summed E-state index contributed by atoms with van der Waals surface area (Å²) in [5.74, 6) is -0.246. The summed E-state index contributed by atoms with van der Waals surface area (Å²) in [6, 6.07) is -0.750.